The second-order valence-corrected chi connectivity index (χ2v) is 10.1. The van der Waals surface area contributed by atoms with Crippen molar-refractivity contribution in [3.05, 3.63) is 89.5 Å². The van der Waals surface area contributed by atoms with Crippen LogP contribution in [0.25, 0.3) is 11.4 Å². The molecule has 9 heteroatoms. The maximum atomic E-state index is 14.0. The molecule has 1 atom stereocenters. The van der Waals surface area contributed by atoms with Gasteiger partial charge < -0.3 is 10.4 Å². The molecule has 1 aliphatic carbocycles. The average molecular weight is 525 g/mol. The number of phenols is 1. The summed E-state index contributed by atoms with van der Waals surface area (Å²) >= 11 is 0. The van der Waals surface area contributed by atoms with Crippen molar-refractivity contribution in [2.75, 3.05) is 4.90 Å². The Bertz CT molecular complexity index is 1440. The van der Waals surface area contributed by atoms with Gasteiger partial charge in [0, 0.05) is 17.3 Å². The molecular formula is C30H32N6O3. The monoisotopic (exact) mass is 524 g/mol. The molecule has 1 saturated carbocycles. The van der Waals surface area contributed by atoms with Gasteiger partial charge in [0.2, 0.25) is 11.7 Å². The fraction of sp³-hybridized carbons (Fsp3) is 0.300. The van der Waals surface area contributed by atoms with Crippen molar-refractivity contribution in [1.29, 1.82) is 0 Å². The van der Waals surface area contributed by atoms with Gasteiger partial charge in [0.25, 0.3) is 5.91 Å². The Hall–Kier alpha value is -4.53. The van der Waals surface area contributed by atoms with Gasteiger partial charge in [-0.1, -0.05) is 66.9 Å². The number of amides is 2. The summed E-state index contributed by atoms with van der Waals surface area (Å²) in [5.74, 6) is -0.140. The van der Waals surface area contributed by atoms with Crippen LogP contribution in [0.15, 0.2) is 72.8 Å². The summed E-state index contributed by atoms with van der Waals surface area (Å²) in [6.45, 7) is 3.73. The van der Waals surface area contributed by atoms with Gasteiger partial charge in [-0.15, -0.1) is 10.2 Å². The van der Waals surface area contributed by atoms with E-state index >= 15 is 0 Å². The zero-order chi connectivity index (χ0) is 27.4. The third-order valence-corrected chi connectivity index (χ3v) is 7.00. The van der Waals surface area contributed by atoms with Crippen LogP contribution >= 0.6 is 0 Å². The highest BCUT2D eigenvalue weighted by Crippen LogP contribution is 2.31. The fourth-order valence-electron chi connectivity index (χ4n) is 4.97. The number of anilines is 1. The first-order chi connectivity index (χ1) is 18.9. The number of tetrazole rings is 1. The molecule has 5 rings (SSSR count). The molecule has 0 spiro atoms. The number of nitrogens with one attached hydrogen (secondary N) is 1. The lowest BCUT2D eigenvalue weighted by molar-refractivity contribution is -0.127. The van der Waals surface area contributed by atoms with Crippen molar-refractivity contribution < 1.29 is 14.7 Å². The van der Waals surface area contributed by atoms with Gasteiger partial charge in [-0.25, -0.2) is 0 Å². The maximum Gasteiger partial charge on any atom is 0.251 e. The minimum Gasteiger partial charge on any atom is -0.508 e. The predicted molar refractivity (Wildman–Crippen MR) is 148 cm³/mol. The van der Waals surface area contributed by atoms with E-state index in [2.05, 4.69) is 20.7 Å². The smallest absolute Gasteiger partial charge is 0.251 e. The molecule has 1 aliphatic rings. The molecule has 2 N–H and O–H groups in total. The van der Waals surface area contributed by atoms with Crippen molar-refractivity contribution in [3.63, 3.8) is 0 Å². The molecule has 1 unspecified atom stereocenters. The van der Waals surface area contributed by atoms with Crippen LogP contribution in [-0.2, 0) is 16.1 Å². The number of phenolic OH excluding ortho intramolecular Hbond substituents is 1. The molecule has 2 amide bonds. The van der Waals surface area contributed by atoms with Crippen LogP contribution in [-0.4, -0.2) is 43.2 Å². The van der Waals surface area contributed by atoms with Crippen molar-refractivity contribution in [2.45, 2.75) is 58.2 Å². The number of carbonyl (C=O) groups is 2. The Labute approximate surface area is 227 Å². The molecule has 1 aromatic heterocycles. The number of rotatable bonds is 8. The highest BCUT2D eigenvalue weighted by molar-refractivity contribution is 6.01. The summed E-state index contributed by atoms with van der Waals surface area (Å²) < 4.78 is 0. The molecule has 4 aromatic rings. The van der Waals surface area contributed by atoms with Gasteiger partial charge >= 0.3 is 0 Å². The Morgan fingerprint density at radius 1 is 1.00 bits per heavy atom. The molecular weight excluding hydrogens is 492 g/mol. The quantitative estimate of drug-likeness (QED) is 0.351. The van der Waals surface area contributed by atoms with E-state index in [4.69, 9.17) is 0 Å². The van der Waals surface area contributed by atoms with Gasteiger partial charge in [-0.2, -0.15) is 4.80 Å². The predicted octanol–water partition coefficient (Wildman–Crippen LogP) is 4.50. The van der Waals surface area contributed by atoms with Crippen LogP contribution in [0.3, 0.4) is 0 Å². The first-order valence-electron chi connectivity index (χ1n) is 13.2. The molecule has 0 bridgehead atoms. The van der Waals surface area contributed by atoms with E-state index in [0.29, 0.717) is 17.1 Å². The Kier molecular flexibility index (Phi) is 7.67. The van der Waals surface area contributed by atoms with E-state index in [1.165, 1.54) is 21.8 Å². The number of benzene rings is 3. The fourth-order valence-corrected chi connectivity index (χ4v) is 4.97. The lowest BCUT2D eigenvalue weighted by atomic mass is 10.0. The minimum absolute atomic E-state index is 0.0700. The second-order valence-electron chi connectivity index (χ2n) is 10.1. The minimum atomic E-state index is -0.958. The van der Waals surface area contributed by atoms with Crippen LogP contribution in [0.1, 0.15) is 48.4 Å². The summed E-state index contributed by atoms with van der Waals surface area (Å²) in [7, 11) is 0. The summed E-state index contributed by atoms with van der Waals surface area (Å²) in [6, 6.07) is 20.7. The lowest BCUT2D eigenvalue weighted by Gasteiger charge is -2.32. The Morgan fingerprint density at radius 3 is 2.41 bits per heavy atom. The number of hydrogen-bond donors (Lipinski definition) is 2. The van der Waals surface area contributed by atoms with Gasteiger partial charge in [-0.3, -0.25) is 14.5 Å². The summed E-state index contributed by atoms with van der Waals surface area (Å²) in [5, 5.41) is 25.7. The van der Waals surface area contributed by atoms with Crippen molar-refractivity contribution in [2.24, 2.45) is 0 Å². The zero-order valence-electron chi connectivity index (χ0n) is 22.1. The highest BCUT2D eigenvalue weighted by Gasteiger charge is 2.34. The average Bonchev–Trinajstić information content (AvgIpc) is 3.60. The van der Waals surface area contributed by atoms with E-state index in [9.17, 15) is 14.7 Å². The van der Waals surface area contributed by atoms with E-state index in [1.54, 1.807) is 12.1 Å². The number of aryl methyl sites for hydroxylation is 2. The number of nitrogens with zero attached hydrogens (tertiary/aromatic N) is 5. The van der Waals surface area contributed by atoms with Gasteiger partial charge in [-0.05, 0) is 67.3 Å². The van der Waals surface area contributed by atoms with Crippen LogP contribution in [0, 0.1) is 13.8 Å². The van der Waals surface area contributed by atoms with Gasteiger partial charge in [0.1, 0.15) is 18.3 Å². The normalized spacial score (nSPS) is 14.2. The number of carbonyl (C=O) groups excluding carboxylic acids is 2. The Morgan fingerprint density at radius 2 is 1.72 bits per heavy atom. The third kappa shape index (κ3) is 6.14. The molecule has 3 aromatic carbocycles. The summed E-state index contributed by atoms with van der Waals surface area (Å²) in [5.41, 5.74) is 4.04. The van der Waals surface area contributed by atoms with Crippen LogP contribution < -0.4 is 10.2 Å². The highest BCUT2D eigenvalue weighted by atomic mass is 16.3. The van der Waals surface area contributed by atoms with E-state index < -0.39 is 6.04 Å². The Balaban J connectivity index is 1.50. The standard InChI is InChI=1S/C30H32N6O3/c1-20-10-12-23(13-11-20)29-32-34-35(33-29)19-27(38)36(25-9-5-6-21(2)18-25)28(22-14-16-26(37)17-15-22)30(39)31-24-7-3-4-8-24/h5-6,9-18,24,28,37H,3-4,7-8,19H2,1-2H3,(H,31,39). The molecule has 0 saturated heterocycles. The molecule has 39 heavy (non-hydrogen) atoms. The largest absolute Gasteiger partial charge is 0.508 e. The molecule has 0 radical (unpaired) electrons. The molecule has 9 nitrogen and oxygen atoms in total. The van der Waals surface area contributed by atoms with Crippen molar-refractivity contribution in [1.82, 2.24) is 25.5 Å². The van der Waals surface area contributed by atoms with Gasteiger partial charge in [0.05, 0.1) is 0 Å². The summed E-state index contributed by atoms with van der Waals surface area (Å²) in [4.78, 5) is 30.6. The first kappa shape index (κ1) is 26.1. The maximum absolute atomic E-state index is 14.0. The third-order valence-electron chi connectivity index (χ3n) is 7.00. The van der Waals surface area contributed by atoms with Crippen LogP contribution in [0.4, 0.5) is 5.69 Å². The second kappa shape index (κ2) is 11.5. The molecule has 1 fully saturated rings. The van der Waals surface area contributed by atoms with E-state index in [-0.39, 0.29) is 30.2 Å². The van der Waals surface area contributed by atoms with Crippen LogP contribution in [0.2, 0.25) is 0 Å². The molecule has 200 valence electrons. The topological polar surface area (TPSA) is 113 Å². The van der Waals surface area contributed by atoms with Crippen molar-refractivity contribution in [3.8, 4) is 17.1 Å². The molecule has 1 heterocycles. The van der Waals surface area contributed by atoms with E-state index in [1.807, 2.05) is 62.4 Å². The first-order valence-corrected chi connectivity index (χ1v) is 13.2. The SMILES string of the molecule is Cc1ccc(-c2nnn(CC(=O)N(c3cccc(C)c3)C(C(=O)NC3CCCC3)c3ccc(O)cc3)n2)cc1. The molecule has 0 aliphatic heterocycles. The van der Waals surface area contributed by atoms with Crippen LogP contribution in [0.5, 0.6) is 5.75 Å². The number of hydrogen-bond acceptors (Lipinski definition) is 6. The van der Waals surface area contributed by atoms with Crippen molar-refractivity contribution >= 4 is 17.5 Å². The number of aromatic nitrogens is 4. The van der Waals surface area contributed by atoms with Gasteiger partial charge in [0.15, 0.2) is 0 Å². The lowest BCUT2D eigenvalue weighted by Crippen LogP contribution is -2.47. The van der Waals surface area contributed by atoms with E-state index in [0.717, 1.165) is 42.4 Å². The zero-order valence-corrected chi connectivity index (χ0v) is 22.1. The summed E-state index contributed by atoms with van der Waals surface area (Å²) in [6.07, 6.45) is 3.96. The number of aromatic hydroxyl groups is 1.